The quantitative estimate of drug-likeness (QED) is 0.253. The molecule has 0 fully saturated rings. The van der Waals surface area contributed by atoms with Crippen molar-refractivity contribution >= 4 is 52.6 Å². The van der Waals surface area contributed by atoms with E-state index in [1.54, 1.807) is 49.5 Å². The molecular formula is C25H24ClFN4O2. The monoisotopic (exact) mass is 466 g/mol. The molecule has 2 N–H and O–H groups in total. The molecular weight excluding hydrogens is 443 g/mol. The Balaban J connectivity index is 1.96. The van der Waals surface area contributed by atoms with Crippen LogP contribution in [0.5, 0.6) is 0 Å². The second-order valence-corrected chi connectivity index (χ2v) is 7.78. The highest BCUT2D eigenvalue weighted by atomic mass is 35.5. The van der Waals surface area contributed by atoms with E-state index < -0.39 is 11.8 Å². The summed E-state index contributed by atoms with van der Waals surface area (Å²) in [6, 6.07) is 12.7. The van der Waals surface area contributed by atoms with Gasteiger partial charge in [0, 0.05) is 42.3 Å². The van der Waals surface area contributed by atoms with Gasteiger partial charge in [-0.15, -0.1) is 0 Å². The summed E-state index contributed by atoms with van der Waals surface area (Å²) in [7, 11) is 1.90. The molecule has 33 heavy (non-hydrogen) atoms. The lowest BCUT2D eigenvalue weighted by molar-refractivity contribution is -0.103. The van der Waals surface area contributed by atoms with E-state index in [1.165, 1.54) is 12.1 Å². The van der Waals surface area contributed by atoms with Crippen molar-refractivity contribution in [1.82, 2.24) is 4.98 Å². The topological polar surface area (TPSA) is 74.3 Å². The van der Waals surface area contributed by atoms with Crippen LogP contribution < -0.4 is 15.5 Å². The lowest BCUT2D eigenvalue weighted by Crippen LogP contribution is -2.20. The Morgan fingerprint density at radius 1 is 1.18 bits per heavy atom. The van der Waals surface area contributed by atoms with Crippen molar-refractivity contribution in [2.24, 2.45) is 0 Å². The first-order chi connectivity index (χ1) is 15.8. The van der Waals surface area contributed by atoms with Crippen molar-refractivity contribution < 1.29 is 14.0 Å². The zero-order valence-corrected chi connectivity index (χ0v) is 19.3. The number of rotatable bonds is 7. The number of nitrogens with one attached hydrogen (secondary N) is 2. The minimum absolute atomic E-state index is 0.0445. The summed E-state index contributed by atoms with van der Waals surface area (Å²) >= 11 is 6.06. The fraction of sp³-hybridized carbons (Fsp3) is 0.160. The minimum Gasteiger partial charge on any atom is -0.374 e. The van der Waals surface area contributed by atoms with E-state index in [0.29, 0.717) is 39.4 Å². The molecule has 0 saturated heterocycles. The predicted molar refractivity (Wildman–Crippen MR) is 132 cm³/mol. The Kier molecular flexibility index (Phi) is 7.79. The van der Waals surface area contributed by atoms with Crippen LogP contribution in [0.3, 0.4) is 0 Å². The fourth-order valence-corrected chi connectivity index (χ4v) is 3.42. The van der Waals surface area contributed by atoms with Crippen molar-refractivity contribution in [2.75, 3.05) is 29.1 Å². The molecule has 0 radical (unpaired) electrons. The minimum atomic E-state index is -0.607. The van der Waals surface area contributed by atoms with E-state index in [4.69, 9.17) is 11.6 Å². The van der Waals surface area contributed by atoms with Crippen molar-refractivity contribution in [3.8, 4) is 0 Å². The maximum absolute atomic E-state index is 14.6. The summed E-state index contributed by atoms with van der Waals surface area (Å²) in [5.41, 5.74) is 3.36. The standard InChI is InChI=1S/C25H24ClFN4O2/c1-4-31(3)23-13-24(26)28-14-17(23)11-18(15-32)20-12-22(21(27)10-16(20)2)30-25(33)29-19-8-6-5-7-9-19/h5-15H,4H2,1-3H3,(H2,29,30,33)/b18-11+. The van der Waals surface area contributed by atoms with E-state index in [0.717, 1.165) is 12.2 Å². The molecule has 0 bridgehead atoms. The smallest absolute Gasteiger partial charge is 0.323 e. The van der Waals surface area contributed by atoms with Gasteiger partial charge in [-0.3, -0.25) is 4.79 Å². The number of aldehydes is 1. The average molecular weight is 467 g/mol. The van der Waals surface area contributed by atoms with Crippen LogP contribution in [0.2, 0.25) is 5.15 Å². The number of carbonyl (C=O) groups excluding carboxylic acids is 2. The molecule has 8 heteroatoms. The Labute approximate surface area is 197 Å². The van der Waals surface area contributed by atoms with Crippen LogP contribution in [-0.2, 0) is 4.79 Å². The molecule has 2 amide bonds. The largest absolute Gasteiger partial charge is 0.374 e. The van der Waals surface area contributed by atoms with Gasteiger partial charge in [-0.05, 0) is 61.4 Å². The molecule has 3 rings (SSSR count). The highest BCUT2D eigenvalue weighted by Gasteiger charge is 2.15. The fourth-order valence-electron chi connectivity index (χ4n) is 3.27. The third-order valence-corrected chi connectivity index (χ3v) is 5.31. The number of pyridine rings is 1. The summed E-state index contributed by atoms with van der Waals surface area (Å²) in [4.78, 5) is 30.5. The first-order valence-corrected chi connectivity index (χ1v) is 10.7. The molecule has 1 aromatic heterocycles. The number of para-hydroxylation sites is 1. The third-order valence-electron chi connectivity index (χ3n) is 5.11. The lowest BCUT2D eigenvalue weighted by atomic mass is 9.98. The number of aromatic nitrogens is 1. The van der Waals surface area contributed by atoms with E-state index >= 15 is 0 Å². The summed E-state index contributed by atoms with van der Waals surface area (Å²) in [5.74, 6) is -0.607. The molecule has 0 aliphatic heterocycles. The summed E-state index contributed by atoms with van der Waals surface area (Å²) in [6.45, 7) is 4.41. The van der Waals surface area contributed by atoms with Gasteiger partial charge in [-0.1, -0.05) is 29.8 Å². The predicted octanol–water partition coefficient (Wildman–Crippen LogP) is 6.02. The zero-order valence-electron chi connectivity index (χ0n) is 18.5. The van der Waals surface area contributed by atoms with Crippen LogP contribution in [-0.4, -0.2) is 30.9 Å². The SMILES string of the molecule is CCN(C)c1cc(Cl)ncc1/C=C(\C=O)c1cc(NC(=O)Nc2ccccc2)c(F)cc1C. The lowest BCUT2D eigenvalue weighted by Gasteiger charge is -2.20. The van der Waals surface area contributed by atoms with Gasteiger partial charge in [0.2, 0.25) is 0 Å². The molecule has 0 spiro atoms. The van der Waals surface area contributed by atoms with Crippen molar-refractivity contribution in [3.05, 3.63) is 82.4 Å². The van der Waals surface area contributed by atoms with Crippen molar-refractivity contribution in [3.63, 3.8) is 0 Å². The highest BCUT2D eigenvalue weighted by Crippen LogP contribution is 2.30. The number of anilines is 3. The van der Waals surface area contributed by atoms with Gasteiger partial charge in [-0.2, -0.15) is 0 Å². The normalized spacial score (nSPS) is 11.1. The number of urea groups is 1. The maximum atomic E-state index is 14.6. The summed E-state index contributed by atoms with van der Waals surface area (Å²) in [6.07, 6.45) is 3.95. The number of carbonyl (C=O) groups is 2. The average Bonchev–Trinajstić information content (AvgIpc) is 2.80. The molecule has 1 heterocycles. The number of amides is 2. The van der Waals surface area contributed by atoms with Crippen molar-refractivity contribution in [2.45, 2.75) is 13.8 Å². The van der Waals surface area contributed by atoms with Gasteiger partial charge in [0.15, 0.2) is 6.29 Å². The van der Waals surface area contributed by atoms with E-state index in [2.05, 4.69) is 15.6 Å². The number of aryl methyl sites for hydroxylation is 1. The molecule has 6 nitrogen and oxygen atoms in total. The first kappa shape index (κ1) is 23.9. The van der Waals surface area contributed by atoms with E-state index in [-0.39, 0.29) is 5.69 Å². The van der Waals surface area contributed by atoms with Gasteiger partial charge in [-0.25, -0.2) is 14.2 Å². The second kappa shape index (κ2) is 10.7. The molecule has 3 aromatic rings. The second-order valence-electron chi connectivity index (χ2n) is 7.39. The van der Waals surface area contributed by atoms with Gasteiger partial charge < -0.3 is 15.5 Å². The first-order valence-electron chi connectivity index (χ1n) is 10.3. The Morgan fingerprint density at radius 3 is 2.58 bits per heavy atom. The van der Waals surface area contributed by atoms with Crippen LogP contribution in [0.25, 0.3) is 11.6 Å². The number of allylic oxidation sites excluding steroid dienone is 1. The number of nitrogens with zero attached hydrogens (tertiary/aromatic N) is 2. The van der Waals surface area contributed by atoms with Crippen LogP contribution in [0, 0.1) is 12.7 Å². The van der Waals surface area contributed by atoms with Crippen LogP contribution >= 0.6 is 11.6 Å². The molecule has 2 aromatic carbocycles. The van der Waals surface area contributed by atoms with E-state index in [9.17, 15) is 14.0 Å². The molecule has 0 saturated carbocycles. The van der Waals surface area contributed by atoms with Gasteiger partial charge in [0.05, 0.1) is 5.69 Å². The van der Waals surface area contributed by atoms with Gasteiger partial charge in [0.1, 0.15) is 11.0 Å². The summed E-state index contributed by atoms with van der Waals surface area (Å²) < 4.78 is 14.6. The molecule has 0 atom stereocenters. The number of halogens is 2. The Hall–Kier alpha value is -3.71. The Morgan fingerprint density at radius 2 is 1.91 bits per heavy atom. The van der Waals surface area contributed by atoms with Crippen molar-refractivity contribution in [1.29, 1.82) is 0 Å². The van der Waals surface area contributed by atoms with Crippen LogP contribution in [0.15, 0.2) is 54.7 Å². The number of benzene rings is 2. The third kappa shape index (κ3) is 5.96. The highest BCUT2D eigenvalue weighted by molar-refractivity contribution is 6.29. The van der Waals surface area contributed by atoms with Gasteiger partial charge in [0.25, 0.3) is 0 Å². The van der Waals surface area contributed by atoms with Gasteiger partial charge >= 0.3 is 6.03 Å². The number of hydrogen-bond acceptors (Lipinski definition) is 4. The maximum Gasteiger partial charge on any atom is 0.323 e. The van der Waals surface area contributed by atoms with E-state index in [1.807, 2.05) is 24.9 Å². The molecule has 170 valence electrons. The number of hydrogen-bond donors (Lipinski definition) is 2. The summed E-state index contributed by atoms with van der Waals surface area (Å²) in [5, 5.41) is 5.49. The zero-order chi connectivity index (χ0) is 24.0. The molecule has 0 aliphatic carbocycles. The Bertz CT molecular complexity index is 1200. The molecule has 0 unspecified atom stereocenters. The molecule has 0 aliphatic rings. The van der Waals surface area contributed by atoms with Crippen LogP contribution in [0.4, 0.5) is 26.2 Å². The van der Waals surface area contributed by atoms with Crippen LogP contribution in [0.1, 0.15) is 23.6 Å².